The molecule has 2 nitrogen and oxygen atoms in total. The minimum absolute atomic E-state index is 0.256. The van der Waals surface area contributed by atoms with E-state index in [1.165, 1.54) is 28.1 Å². The van der Waals surface area contributed by atoms with Crippen molar-refractivity contribution in [2.75, 3.05) is 0 Å². The number of rotatable bonds is 8. The van der Waals surface area contributed by atoms with E-state index in [1.807, 2.05) is 0 Å². The molecule has 23 heavy (non-hydrogen) atoms. The number of benzene rings is 1. The summed E-state index contributed by atoms with van der Waals surface area (Å²) in [5, 5.41) is 0. The van der Waals surface area contributed by atoms with E-state index >= 15 is 0 Å². The van der Waals surface area contributed by atoms with Crippen LogP contribution in [-0.4, -0.2) is 10.6 Å². The summed E-state index contributed by atoms with van der Waals surface area (Å²) in [5.74, 6) is 0. The maximum absolute atomic E-state index is 5.86. The van der Waals surface area contributed by atoms with Crippen molar-refractivity contribution in [1.29, 1.82) is 0 Å². The first kappa shape index (κ1) is 17.6. The quantitative estimate of drug-likeness (QED) is 0.756. The van der Waals surface area contributed by atoms with Crippen LogP contribution >= 0.6 is 0 Å². The number of allylic oxidation sites excluding steroid dienone is 1. The van der Waals surface area contributed by atoms with E-state index in [2.05, 4.69) is 68.4 Å². The third-order valence-electron chi connectivity index (χ3n) is 4.51. The van der Waals surface area contributed by atoms with Crippen molar-refractivity contribution in [2.45, 2.75) is 52.0 Å². The van der Waals surface area contributed by atoms with Gasteiger partial charge in [-0.1, -0.05) is 36.4 Å². The van der Waals surface area contributed by atoms with Gasteiger partial charge in [-0.2, -0.15) is 0 Å². The molecule has 2 aromatic rings. The highest BCUT2D eigenvalue weighted by Gasteiger charge is 2.08. The molecule has 0 spiro atoms. The van der Waals surface area contributed by atoms with Crippen LogP contribution in [0.15, 0.2) is 43.0 Å². The van der Waals surface area contributed by atoms with Crippen molar-refractivity contribution in [3.05, 3.63) is 65.5 Å². The van der Waals surface area contributed by atoms with Gasteiger partial charge in [-0.15, -0.1) is 0 Å². The second kappa shape index (κ2) is 8.16. The first-order chi connectivity index (χ1) is 11.0. The van der Waals surface area contributed by atoms with Crippen LogP contribution in [0.3, 0.4) is 0 Å². The lowest BCUT2D eigenvalue weighted by atomic mass is 10.0. The fourth-order valence-corrected chi connectivity index (χ4v) is 2.92. The van der Waals surface area contributed by atoms with E-state index in [-0.39, 0.29) is 6.04 Å². The van der Waals surface area contributed by atoms with Crippen LogP contribution in [0.25, 0.3) is 5.57 Å². The summed E-state index contributed by atoms with van der Waals surface area (Å²) < 4.78 is 2.27. The molecule has 1 atom stereocenters. The van der Waals surface area contributed by atoms with Crippen LogP contribution < -0.4 is 5.73 Å². The van der Waals surface area contributed by atoms with Gasteiger partial charge in [0, 0.05) is 24.5 Å². The van der Waals surface area contributed by atoms with Gasteiger partial charge in [0.25, 0.3) is 0 Å². The Morgan fingerprint density at radius 3 is 2.48 bits per heavy atom. The molecule has 1 aromatic heterocycles. The van der Waals surface area contributed by atoms with Crippen LogP contribution in [0.4, 0.5) is 0 Å². The Balaban J connectivity index is 1.87. The van der Waals surface area contributed by atoms with Crippen molar-refractivity contribution >= 4 is 5.57 Å². The molecule has 0 bridgehead atoms. The fraction of sp³-hybridized carbons (Fsp3) is 0.429. The topological polar surface area (TPSA) is 30.9 Å². The summed E-state index contributed by atoms with van der Waals surface area (Å²) >= 11 is 0. The first-order valence-corrected chi connectivity index (χ1v) is 8.61. The van der Waals surface area contributed by atoms with Crippen molar-refractivity contribution < 1.29 is 0 Å². The summed E-state index contributed by atoms with van der Waals surface area (Å²) in [7, 11) is 2.14. The van der Waals surface area contributed by atoms with Gasteiger partial charge in [0.2, 0.25) is 0 Å². The molecule has 2 heteroatoms. The van der Waals surface area contributed by atoms with Gasteiger partial charge in [0.05, 0.1) is 0 Å². The fourth-order valence-electron chi connectivity index (χ4n) is 2.92. The minimum Gasteiger partial charge on any atom is -0.348 e. The Morgan fingerprint density at radius 2 is 1.83 bits per heavy atom. The number of hydrogen-bond acceptors (Lipinski definition) is 1. The van der Waals surface area contributed by atoms with Gasteiger partial charge in [0.15, 0.2) is 0 Å². The zero-order valence-corrected chi connectivity index (χ0v) is 14.8. The molecule has 0 saturated carbocycles. The molecule has 0 radical (unpaired) electrons. The number of aromatic nitrogens is 1. The molecule has 2 rings (SSSR count). The first-order valence-electron chi connectivity index (χ1n) is 8.61. The summed E-state index contributed by atoms with van der Waals surface area (Å²) in [6, 6.07) is 13.5. The Bertz CT molecular complexity index is 632. The summed E-state index contributed by atoms with van der Waals surface area (Å²) in [5.41, 5.74) is 12.4. The van der Waals surface area contributed by atoms with Gasteiger partial charge in [-0.05, 0) is 69.2 Å². The highest BCUT2D eigenvalue weighted by Crippen LogP contribution is 2.22. The van der Waals surface area contributed by atoms with E-state index in [9.17, 15) is 0 Å². The molecule has 0 amide bonds. The minimum atomic E-state index is 0.256. The molecular formula is C21H30N2. The van der Waals surface area contributed by atoms with Gasteiger partial charge in [-0.25, -0.2) is 0 Å². The van der Waals surface area contributed by atoms with E-state index < -0.39 is 0 Å². The molecule has 0 aliphatic carbocycles. The second-order valence-corrected chi connectivity index (χ2v) is 6.73. The van der Waals surface area contributed by atoms with Crippen molar-refractivity contribution in [1.82, 2.24) is 4.57 Å². The largest absolute Gasteiger partial charge is 0.348 e. The molecular weight excluding hydrogens is 280 g/mol. The van der Waals surface area contributed by atoms with E-state index in [4.69, 9.17) is 5.73 Å². The summed E-state index contributed by atoms with van der Waals surface area (Å²) in [6.45, 7) is 8.49. The van der Waals surface area contributed by atoms with E-state index in [0.717, 1.165) is 32.1 Å². The highest BCUT2D eigenvalue weighted by atomic mass is 15.0. The van der Waals surface area contributed by atoms with Crippen LogP contribution in [0.1, 0.15) is 48.7 Å². The molecule has 2 N–H and O–H groups in total. The third-order valence-corrected chi connectivity index (χ3v) is 4.51. The zero-order chi connectivity index (χ0) is 16.8. The van der Waals surface area contributed by atoms with Crippen LogP contribution in [-0.2, 0) is 19.9 Å². The molecule has 0 aliphatic rings. The molecule has 0 aliphatic heterocycles. The Hall–Kier alpha value is -1.80. The number of hydrogen-bond donors (Lipinski definition) is 1. The standard InChI is InChI=1S/C21H30N2/c1-16-8-11-19(12-9-16)7-5-6-17(2)21-15-14-20(23(21)4)13-10-18(3)22/h8-9,11-12,14-15,18H,2,5-7,10,13,22H2,1,3-4H3. The second-order valence-electron chi connectivity index (χ2n) is 6.73. The van der Waals surface area contributed by atoms with Crippen molar-refractivity contribution in [3.8, 4) is 0 Å². The monoisotopic (exact) mass is 310 g/mol. The van der Waals surface area contributed by atoms with Crippen molar-refractivity contribution in [3.63, 3.8) is 0 Å². The van der Waals surface area contributed by atoms with Crippen molar-refractivity contribution in [2.24, 2.45) is 12.8 Å². The smallest absolute Gasteiger partial charge is 0.0432 e. The Kier molecular flexibility index (Phi) is 6.23. The lowest BCUT2D eigenvalue weighted by Gasteiger charge is -2.11. The van der Waals surface area contributed by atoms with Crippen LogP contribution in [0.5, 0.6) is 0 Å². The molecule has 124 valence electrons. The zero-order valence-electron chi connectivity index (χ0n) is 14.8. The van der Waals surface area contributed by atoms with Crippen LogP contribution in [0, 0.1) is 6.92 Å². The predicted molar refractivity (Wildman–Crippen MR) is 101 cm³/mol. The van der Waals surface area contributed by atoms with Crippen LogP contribution in [0.2, 0.25) is 0 Å². The Labute approximate surface area is 141 Å². The van der Waals surface area contributed by atoms with E-state index in [0.29, 0.717) is 0 Å². The maximum atomic E-state index is 5.86. The number of aryl methyl sites for hydroxylation is 3. The molecule has 1 unspecified atom stereocenters. The van der Waals surface area contributed by atoms with Gasteiger partial charge in [0.1, 0.15) is 0 Å². The summed E-state index contributed by atoms with van der Waals surface area (Å²) in [4.78, 5) is 0. The van der Waals surface area contributed by atoms with Gasteiger partial charge >= 0.3 is 0 Å². The molecule has 0 fully saturated rings. The summed E-state index contributed by atoms with van der Waals surface area (Å²) in [6.07, 6.45) is 5.35. The maximum Gasteiger partial charge on any atom is 0.0432 e. The van der Waals surface area contributed by atoms with Gasteiger partial charge < -0.3 is 10.3 Å². The molecule has 1 heterocycles. The van der Waals surface area contributed by atoms with E-state index in [1.54, 1.807) is 0 Å². The average Bonchev–Trinajstić information content (AvgIpc) is 2.88. The molecule has 1 aromatic carbocycles. The normalized spacial score (nSPS) is 12.3. The lowest BCUT2D eigenvalue weighted by molar-refractivity contribution is 0.642. The highest BCUT2D eigenvalue weighted by molar-refractivity contribution is 5.61. The lowest BCUT2D eigenvalue weighted by Crippen LogP contribution is -2.16. The molecule has 0 saturated heterocycles. The predicted octanol–water partition coefficient (Wildman–Crippen LogP) is 4.65. The average molecular weight is 310 g/mol. The SMILES string of the molecule is C=C(CCCc1ccc(C)cc1)c1ccc(CCC(C)N)n1C. The Morgan fingerprint density at radius 1 is 1.13 bits per heavy atom. The number of nitrogens with two attached hydrogens (primary N) is 1. The number of nitrogens with zero attached hydrogens (tertiary/aromatic N) is 1. The third kappa shape index (κ3) is 5.11. The van der Waals surface area contributed by atoms with Gasteiger partial charge in [-0.3, -0.25) is 0 Å².